The zero-order valence-corrected chi connectivity index (χ0v) is 11.3. The van der Waals surface area contributed by atoms with Gasteiger partial charge < -0.3 is 10.2 Å². The van der Waals surface area contributed by atoms with Gasteiger partial charge >= 0.3 is 0 Å². The molecule has 0 saturated heterocycles. The lowest BCUT2D eigenvalue weighted by atomic mass is 10.1. The second-order valence-corrected chi connectivity index (χ2v) is 5.13. The fourth-order valence-corrected chi connectivity index (χ4v) is 2.17. The van der Waals surface area contributed by atoms with Crippen molar-refractivity contribution < 1.29 is 0 Å². The van der Waals surface area contributed by atoms with Crippen LogP contribution in [0.3, 0.4) is 0 Å². The molecule has 2 rings (SSSR count). The molecule has 17 heavy (non-hydrogen) atoms. The number of anilines is 1. The van der Waals surface area contributed by atoms with Crippen LogP contribution in [0.25, 0.3) is 0 Å². The van der Waals surface area contributed by atoms with Crippen LogP contribution >= 0.6 is 0 Å². The number of aryl methyl sites for hydroxylation is 1. The van der Waals surface area contributed by atoms with Gasteiger partial charge in [0.15, 0.2) is 0 Å². The van der Waals surface area contributed by atoms with Gasteiger partial charge in [0, 0.05) is 25.3 Å². The lowest BCUT2D eigenvalue weighted by Crippen LogP contribution is -2.20. The topological polar surface area (TPSA) is 15.3 Å². The highest BCUT2D eigenvalue weighted by Crippen LogP contribution is 2.30. The summed E-state index contributed by atoms with van der Waals surface area (Å²) in [4.78, 5) is 2.41. The standard InChI is InChI=1S/C15H24N2/c1-4-9-16-11-13-5-6-15(10-12(13)2)17(3)14-7-8-14/h5-6,10,14,16H,4,7-9,11H2,1-3H3. The molecule has 1 aliphatic carbocycles. The van der Waals surface area contributed by atoms with Gasteiger partial charge in [-0.1, -0.05) is 13.0 Å². The van der Waals surface area contributed by atoms with E-state index in [2.05, 4.69) is 49.3 Å². The van der Waals surface area contributed by atoms with Gasteiger partial charge in [0.25, 0.3) is 0 Å². The zero-order chi connectivity index (χ0) is 12.3. The van der Waals surface area contributed by atoms with Gasteiger partial charge in [0.05, 0.1) is 0 Å². The zero-order valence-electron chi connectivity index (χ0n) is 11.3. The minimum atomic E-state index is 0.790. The van der Waals surface area contributed by atoms with Crippen LogP contribution in [0.4, 0.5) is 5.69 Å². The highest BCUT2D eigenvalue weighted by molar-refractivity contribution is 5.51. The first kappa shape index (κ1) is 12.4. The molecule has 2 nitrogen and oxygen atoms in total. The van der Waals surface area contributed by atoms with E-state index in [4.69, 9.17) is 0 Å². The minimum Gasteiger partial charge on any atom is -0.372 e. The summed E-state index contributed by atoms with van der Waals surface area (Å²) in [6.45, 7) is 6.51. The molecule has 0 radical (unpaired) electrons. The largest absolute Gasteiger partial charge is 0.372 e. The summed E-state index contributed by atoms with van der Waals surface area (Å²) in [6, 6.07) is 7.64. The molecule has 1 aromatic carbocycles. The number of benzene rings is 1. The summed E-state index contributed by atoms with van der Waals surface area (Å²) in [5, 5.41) is 3.46. The van der Waals surface area contributed by atoms with Crippen molar-refractivity contribution >= 4 is 5.69 Å². The second kappa shape index (κ2) is 5.54. The van der Waals surface area contributed by atoms with Gasteiger partial charge in [-0.05, 0) is 56.0 Å². The third kappa shape index (κ3) is 3.22. The van der Waals surface area contributed by atoms with Crippen LogP contribution in [0.5, 0.6) is 0 Å². The van der Waals surface area contributed by atoms with E-state index in [0.29, 0.717) is 0 Å². The first-order valence-electron chi connectivity index (χ1n) is 6.75. The summed E-state index contributed by atoms with van der Waals surface area (Å²) >= 11 is 0. The molecule has 0 aromatic heterocycles. The maximum Gasteiger partial charge on any atom is 0.0368 e. The average molecular weight is 232 g/mol. The van der Waals surface area contributed by atoms with E-state index in [9.17, 15) is 0 Å². The number of nitrogens with one attached hydrogen (secondary N) is 1. The molecule has 0 atom stereocenters. The Hall–Kier alpha value is -1.02. The third-order valence-corrected chi connectivity index (χ3v) is 3.57. The molecule has 94 valence electrons. The van der Waals surface area contributed by atoms with Crippen molar-refractivity contribution in [3.8, 4) is 0 Å². The first-order valence-corrected chi connectivity index (χ1v) is 6.75. The highest BCUT2D eigenvalue weighted by Gasteiger charge is 2.26. The van der Waals surface area contributed by atoms with Gasteiger partial charge in [0.2, 0.25) is 0 Å². The van der Waals surface area contributed by atoms with Crippen LogP contribution in [0.1, 0.15) is 37.3 Å². The van der Waals surface area contributed by atoms with Crippen LogP contribution in [0.2, 0.25) is 0 Å². The molecule has 1 N–H and O–H groups in total. The normalized spacial score (nSPS) is 15.0. The molecule has 0 bridgehead atoms. The highest BCUT2D eigenvalue weighted by atomic mass is 15.2. The molecular weight excluding hydrogens is 208 g/mol. The lowest BCUT2D eigenvalue weighted by molar-refractivity contribution is 0.673. The second-order valence-electron chi connectivity index (χ2n) is 5.13. The Labute approximate surface area is 105 Å². The maximum absolute atomic E-state index is 3.46. The number of nitrogens with zero attached hydrogens (tertiary/aromatic N) is 1. The minimum absolute atomic E-state index is 0.790. The lowest BCUT2D eigenvalue weighted by Gasteiger charge is -2.20. The van der Waals surface area contributed by atoms with E-state index in [0.717, 1.165) is 19.1 Å². The van der Waals surface area contributed by atoms with E-state index in [-0.39, 0.29) is 0 Å². The summed E-state index contributed by atoms with van der Waals surface area (Å²) in [5.41, 5.74) is 4.19. The van der Waals surface area contributed by atoms with E-state index in [1.807, 2.05) is 0 Å². The van der Waals surface area contributed by atoms with Crippen LogP contribution in [0, 0.1) is 6.92 Å². The Kier molecular flexibility index (Phi) is 4.06. The first-order chi connectivity index (χ1) is 8.22. The number of rotatable bonds is 6. The Bertz CT molecular complexity index is 369. The molecular formula is C15H24N2. The Morgan fingerprint density at radius 1 is 1.35 bits per heavy atom. The molecule has 1 aliphatic rings. The SMILES string of the molecule is CCCNCc1ccc(N(C)C2CC2)cc1C. The maximum atomic E-state index is 3.46. The van der Waals surface area contributed by atoms with Crippen molar-refractivity contribution in [2.75, 3.05) is 18.5 Å². The van der Waals surface area contributed by atoms with Crippen LogP contribution in [-0.4, -0.2) is 19.6 Å². The summed E-state index contributed by atoms with van der Waals surface area (Å²) in [7, 11) is 2.21. The van der Waals surface area contributed by atoms with Gasteiger partial charge in [-0.2, -0.15) is 0 Å². The van der Waals surface area contributed by atoms with Gasteiger partial charge in [-0.15, -0.1) is 0 Å². The summed E-state index contributed by atoms with van der Waals surface area (Å²) < 4.78 is 0. The van der Waals surface area contributed by atoms with Crippen molar-refractivity contribution in [1.82, 2.24) is 5.32 Å². The molecule has 1 saturated carbocycles. The third-order valence-electron chi connectivity index (χ3n) is 3.57. The van der Waals surface area contributed by atoms with Crippen molar-refractivity contribution in [2.45, 2.75) is 45.7 Å². The van der Waals surface area contributed by atoms with Crippen molar-refractivity contribution in [3.05, 3.63) is 29.3 Å². The molecule has 2 heteroatoms. The number of hydrogen-bond acceptors (Lipinski definition) is 2. The predicted octanol–water partition coefficient (Wildman–Crippen LogP) is 3.09. The Morgan fingerprint density at radius 2 is 2.12 bits per heavy atom. The molecule has 0 aliphatic heterocycles. The molecule has 0 heterocycles. The molecule has 1 fully saturated rings. The van der Waals surface area contributed by atoms with E-state index < -0.39 is 0 Å². The van der Waals surface area contributed by atoms with Crippen molar-refractivity contribution in [3.63, 3.8) is 0 Å². The molecule has 0 unspecified atom stereocenters. The predicted molar refractivity (Wildman–Crippen MR) is 74.6 cm³/mol. The smallest absolute Gasteiger partial charge is 0.0368 e. The van der Waals surface area contributed by atoms with Gasteiger partial charge in [0.1, 0.15) is 0 Å². The average Bonchev–Trinajstić information content (AvgIpc) is 3.14. The van der Waals surface area contributed by atoms with Crippen molar-refractivity contribution in [1.29, 1.82) is 0 Å². The monoisotopic (exact) mass is 232 g/mol. The van der Waals surface area contributed by atoms with Crippen LogP contribution in [-0.2, 0) is 6.54 Å². The quantitative estimate of drug-likeness (QED) is 0.758. The number of hydrogen-bond donors (Lipinski definition) is 1. The van der Waals surface area contributed by atoms with Crippen LogP contribution in [0.15, 0.2) is 18.2 Å². The van der Waals surface area contributed by atoms with Crippen molar-refractivity contribution in [2.24, 2.45) is 0 Å². The Balaban J connectivity index is 2.00. The summed E-state index contributed by atoms with van der Waals surface area (Å²) in [6.07, 6.45) is 3.91. The Morgan fingerprint density at radius 3 is 2.71 bits per heavy atom. The van der Waals surface area contributed by atoms with Gasteiger partial charge in [-0.3, -0.25) is 0 Å². The summed E-state index contributed by atoms with van der Waals surface area (Å²) in [5.74, 6) is 0. The van der Waals surface area contributed by atoms with E-state index in [1.165, 1.54) is 36.1 Å². The molecule has 0 spiro atoms. The fourth-order valence-electron chi connectivity index (χ4n) is 2.17. The molecule has 1 aromatic rings. The van der Waals surface area contributed by atoms with E-state index >= 15 is 0 Å². The van der Waals surface area contributed by atoms with Gasteiger partial charge in [-0.25, -0.2) is 0 Å². The fraction of sp³-hybridized carbons (Fsp3) is 0.600. The van der Waals surface area contributed by atoms with E-state index in [1.54, 1.807) is 0 Å². The van der Waals surface area contributed by atoms with Crippen LogP contribution < -0.4 is 10.2 Å². The molecule has 0 amide bonds.